The third-order valence-electron chi connectivity index (χ3n) is 5.15. The van der Waals surface area contributed by atoms with Crippen LogP contribution < -0.4 is 0 Å². The maximum Gasteiger partial charge on any atom is 0.237 e. The van der Waals surface area contributed by atoms with E-state index in [-0.39, 0.29) is 17.9 Å². The molecule has 0 heterocycles. The Morgan fingerprint density at radius 1 is 0.727 bits per heavy atom. The summed E-state index contributed by atoms with van der Waals surface area (Å²) >= 11 is 0. The Morgan fingerprint density at radius 2 is 1.32 bits per heavy atom. The molecule has 6 nitrogen and oxygen atoms in total. The molecule has 2 unspecified atom stereocenters. The highest BCUT2D eigenvalue weighted by molar-refractivity contribution is 5.40. The quantitative estimate of drug-likeness (QED) is 0.578. The van der Waals surface area contributed by atoms with Gasteiger partial charge in [0.25, 0.3) is 0 Å². The van der Waals surface area contributed by atoms with Gasteiger partial charge in [-0.3, -0.25) is 0 Å². The summed E-state index contributed by atoms with van der Waals surface area (Å²) in [5.74, 6) is -0.217. The number of aliphatic imine (C=N–C) groups is 3. The molecular weight excluding hydrogens is 282 g/mol. The average Bonchev–Trinajstić information content (AvgIpc) is 2.56. The van der Waals surface area contributed by atoms with E-state index in [2.05, 4.69) is 15.0 Å². The molecule has 2 aliphatic rings. The average molecular weight is 303 g/mol. The van der Waals surface area contributed by atoms with Gasteiger partial charge in [-0.15, -0.1) is 0 Å². The molecule has 0 aliphatic heterocycles. The Kier molecular flexibility index (Phi) is 5.97. The molecule has 2 atom stereocenters. The summed E-state index contributed by atoms with van der Waals surface area (Å²) in [5.41, 5.74) is -1.16. The second-order valence-electron chi connectivity index (χ2n) is 6.20. The summed E-state index contributed by atoms with van der Waals surface area (Å²) in [7, 11) is 0. The van der Waals surface area contributed by atoms with Crippen molar-refractivity contribution in [2.45, 2.75) is 69.5 Å². The summed E-state index contributed by atoms with van der Waals surface area (Å²) in [6.45, 7) is 0. The van der Waals surface area contributed by atoms with Crippen molar-refractivity contribution in [1.29, 1.82) is 0 Å². The Bertz CT molecular complexity index is 505. The van der Waals surface area contributed by atoms with Crippen LogP contribution in [-0.2, 0) is 14.4 Å². The Balaban J connectivity index is 2.46. The number of isocyanates is 3. The van der Waals surface area contributed by atoms with Gasteiger partial charge in [0, 0.05) is 11.8 Å². The first-order valence-electron chi connectivity index (χ1n) is 8.03. The summed E-state index contributed by atoms with van der Waals surface area (Å²) in [6.07, 6.45) is 13.2. The molecule has 0 radical (unpaired) electrons. The molecule has 118 valence electrons. The van der Waals surface area contributed by atoms with Crippen LogP contribution in [-0.4, -0.2) is 29.9 Å². The van der Waals surface area contributed by atoms with Gasteiger partial charge in [0.2, 0.25) is 18.2 Å². The largest absolute Gasteiger partial charge is 0.237 e. The first-order chi connectivity index (χ1) is 10.8. The summed E-state index contributed by atoms with van der Waals surface area (Å²) < 4.78 is 0. The Hall–Kier alpha value is -1.86. The van der Waals surface area contributed by atoms with Gasteiger partial charge in [0.05, 0.1) is 6.04 Å². The molecule has 0 saturated heterocycles. The zero-order chi connectivity index (χ0) is 15.8. The van der Waals surface area contributed by atoms with Crippen molar-refractivity contribution in [2.75, 3.05) is 0 Å². The summed E-state index contributed by atoms with van der Waals surface area (Å²) in [6, 6.07) is -0.289. The molecule has 0 aromatic heterocycles. The fourth-order valence-electron chi connectivity index (χ4n) is 4.18. The van der Waals surface area contributed by atoms with Crippen LogP contribution in [0.5, 0.6) is 0 Å². The van der Waals surface area contributed by atoms with E-state index in [4.69, 9.17) is 0 Å². The van der Waals surface area contributed by atoms with Gasteiger partial charge >= 0.3 is 0 Å². The predicted octanol–water partition coefficient (Wildman–Crippen LogP) is 2.83. The number of hydrogen-bond donors (Lipinski definition) is 0. The Labute approximate surface area is 129 Å². The van der Waals surface area contributed by atoms with Gasteiger partial charge < -0.3 is 0 Å². The molecule has 0 aromatic rings. The van der Waals surface area contributed by atoms with Crippen LogP contribution in [0.3, 0.4) is 0 Å². The van der Waals surface area contributed by atoms with Crippen LogP contribution in [0.2, 0.25) is 0 Å². The number of carbonyl (C=O) groups excluding carboxylic acids is 3. The topological polar surface area (TPSA) is 88.3 Å². The van der Waals surface area contributed by atoms with Crippen molar-refractivity contribution in [3.05, 3.63) is 0 Å². The zero-order valence-corrected chi connectivity index (χ0v) is 12.7. The maximum absolute atomic E-state index is 11.1. The molecular formula is C16H21N3O3. The molecule has 22 heavy (non-hydrogen) atoms. The van der Waals surface area contributed by atoms with Crippen LogP contribution in [0, 0.1) is 11.8 Å². The minimum absolute atomic E-state index is 0.0107. The highest BCUT2D eigenvalue weighted by atomic mass is 16.1. The lowest BCUT2D eigenvalue weighted by Crippen LogP contribution is -2.48. The van der Waals surface area contributed by atoms with E-state index in [0.29, 0.717) is 0 Å². The van der Waals surface area contributed by atoms with Gasteiger partial charge in [-0.1, -0.05) is 32.1 Å². The van der Waals surface area contributed by atoms with E-state index < -0.39 is 5.66 Å². The lowest BCUT2D eigenvalue weighted by atomic mass is 9.68. The summed E-state index contributed by atoms with van der Waals surface area (Å²) in [4.78, 5) is 44.7. The minimum Gasteiger partial charge on any atom is -0.211 e. The van der Waals surface area contributed by atoms with Gasteiger partial charge in [-0.05, 0) is 25.7 Å². The fourth-order valence-corrected chi connectivity index (χ4v) is 4.18. The van der Waals surface area contributed by atoms with Crippen molar-refractivity contribution in [3.8, 4) is 0 Å². The van der Waals surface area contributed by atoms with E-state index in [1.165, 1.54) is 0 Å². The van der Waals surface area contributed by atoms with Crippen LogP contribution in [0.4, 0.5) is 0 Å². The summed E-state index contributed by atoms with van der Waals surface area (Å²) in [5, 5.41) is 0. The standard InChI is InChI=1S/C16H21N3O3/c20-10-17-15-9-5-4-8-14(15)16(18-11-21,19-12-22)13-6-2-1-3-7-13/h13-15H,1-9H2. The first-order valence-corrected chi connectivity index (χ1v) is 8.03. The third kappa shape index (κ3) is 3.31. The number of rotatable bonds is 5. The molecule has 0 N–H and O–H groups in total. The molecule has 2 saturated carbocycles. The Morgan fingerprint density at radius 3 is 1.91 bits per heavy atom. The molecule has 2 fully saturated rings. The van der Waals surface area contributed by atoms with E-state index in [1.807, 2.05) is 0 Å². The number of nitrogens with zero attached hydrogens (tertiary/aromatic N) is 3. The van der Waals surface area contributed by atoms with Crippen LogP contribution in [0.25, 0.3) is 0 Å². The smallest absolute Gasteiger partial charge is 0.211 e. The number of hydrogen-bond acceptors (Lipinski definition) is 6. The predicted molar refractivity (Wildman–Crippen MR) is 79.4 cm³/mol. The van der Waals surface area contributed by atoms with Crippen molar-refractivity contribution in [2.24, 2.45) is 26.8 Å². The van der Waals surface area contributed by atoms with Crippen LogP contribution in [0.1, 0.15) is 57.8 Å². The fraction of sp³-hybridized carbons (Fsp3) is 0.812. The van der Waals surface area contributed by atoms with Crippen LogP contribution >= 0.6 is 0 Å². The molecule has 0 aromatic carbocycles. The second kappa shape index (κ2) is 7.95. The van der Waals surface area contributed by atoms with E-state index in [0.717, 1.165) is 57.8 Å². The maximum atomic E-state index is 11.1. The zero-order valence-electron chi connectivity index (χ0n) is 12.7. The van der Waals surface area contributed by atoms with Gasteiger partial charge in [0.1, 0.15) is 0 Å². The van der Waals surface area contributed by atoms with E-state index in [9.17, 15) is 14.4 Å². The molecule has 0 spiro atoms. The SMILES string of the molecule is O=C=NC1CCCCC1C(N=C=O)(N=C=O)C1CCCCC1. The van der Waals surface area contributed by atoms with Gasteiger partial charge in [0.15, 0.2) is 5.66 Å². The molecule has 2 rings (SSSR count). The highest BCUT2D eigenvalue weighted by Crippen LogP contribution is 2.46. The van der Waals surface area contributed by atoms with Crippen molar-refractivity contribution >= 4 is 18.2 Å². The molecule has 0 bridgehead atoms. The lowest BCUT2D eigenvalue weighted by molar-refractivity contribution is 0.101. The van der Waals surface area contributed by atoms with E-state index >= 15 is 0 Å². The highest BCUT2D eigenvalue weighted by Gasteiger charge is 2.50. The third-order valence-corrected chi connectivity index (χ3v) is 5.15. The normalized spacial score (nSPS) is 28.4. The van der Waals surface area contributed by atoms with Crippen molar-refractivity contribution in [3.63, 3.8) is 0 Å². The molecule has 0 amide bonds. The molecule has 2 aliphatic carbocycles. The van der Waals surface area contributed by atoms with Crippen LogP contribution in [0.15, 0.2) is 15.0 Å². The second-order valence-corrected chi connectivity index (χ2v) is 6.20. The monoisotopic (exact) mass is 303 g/mol. The van der Waals surface area contributed by atoms with Crippen molar-refractivity contribution in [1.82, 2.24) is 0 Å². The lowest BCUT2D eigenvalue weighted by Gasteiger charge is -2.43. The van der Waals surface area contributed by atoms with Crippen molar-refractivity contribution < 1.29 is 14.4 Å². The molecule has 6 heteroatoms. The van der Waals surface area contributed by atoms with Gasteiger partial charge in [-0.2, -0.15) is 9.98 Å². The van der Waals surface area contributed by atoms with E-state index in [1.54, 1.807) is 18.2 Å². The van der Waals surface area contributed by atoms with Gasteiger partial charge in [-0.25, -0.2) is 19.4 Å². The minimum atomic E-state index is -1.16. The first kappa shape index (κ1) is 16.5.